The van der Waals surface area contributed by atoms with Crippen LogP contribution in [0, 0.1) is 13.8 Å². The number of aromatic nitrogens is 1. The number of benzene rings is 1. The van der Waals surface area contributed by atoms with Crippen molar-refractivity contribution in [2.75, 3.05) is 32.1 Å². The normalized spacial score (nSPS) is 11.8. The molecule has 0 unspecified atom stereocenters. The second-order valence-corrected chi connectivity index (χ2v) is 7.23. The Kier molecular flexibility index (Phi) is 8.38. The molecule has 8 heteroatoms. The predicted molar refractivity (Wildman–Crippen MR) is 119 cm³/mol. The molecule has 0 saturated carbocycles. The van der Waals surface area contributed by atoms with Crippen LogP contribution in [0.5, 0.6) is 5.75 Å². The number of hydrogen-bond donors (Lipinski definition) is 2. The average molecular weight is 430 g/mol. The Morgan fingerprint density at radius 1 is 1.13 bits per heavy atom. The van der Waals surface area contributed by atoms with Gasteiger partial charge < -0.3 is 19.8 Å². The SMILES string of the molecule is CCOC(=O)c1c(C)[nH]c(C(=O)[C@H](C)N(CC)CC(=O)Nc2ccc(OC)cc2)c1C. The summed E-state index contributed by atoms with van der Waals surface area (Å²) < 4.78 is 10.2. The standard InChI is InChI=1S/C23H31N3O5/c1-7-26(13-19(27)25-17-9-11-18(30-6)12-10-17)16(5)22(28)21-14(3)20(15(4)24-21)23(29)31-8-2/h9-12,16,24H,7-8,13H2,1-6H3,(H,25,27)/t16-/m0/s1. The van der Waals surface area contributed by atoms with Gasteiger partial charge in [-0.15, -0.1) is 0 Å². The molecule has 0 spiro atoms. The highest BCUT2D eigenvalue weighted by Crippen LogP contribution is 2.22. The number of anilines is 1. The van der Waals surface area contributed by atoms with Gasteiger partial charge in [-0.25, -0.2) is 4.79 Å². The Morgan fingerprint density at radius 2 is 1.77 bits per heavy atom. The highest BCUT2D eigenvalue weighted by molar-refractivity contribution is 6.04. The average Bonchev–Trinajstić information content (AvgIpc) is 3.05. The molecule has 1 amide bonds. The van der Waals surface area contributed by atoms with E-state index in [4.69, 9.17) is 9.47 Å². The van der Waals surface area contributed by atoms with Crippen LogP contribution in [-0.4, -0.2) is 60.4 Å². The Morgan fingerprint density at radius 3 is 2.32 bits per heavy atom. The molecule has 0 aliphatic carbocycles. The van der Waals surface area contributed by atoms with Gasteiger partial charge in [0.2, 0.25) is 5.91 Å². The number of aryl methyl sites for hydroxylation is 1. The van der Waals surface area contributed by atoms with Gasteiger partial charge in [0.15, 0.2) is 5.78 Å². The molecule has 2 aromatic rings. The molecule has 1 aromatic heterocycles. The van der Waals surface area contributed by atoms with Gasteiger partial charge in [-0.2, -0.15) is 0 Å². The second kappa shape index (κ2) is 10.8. The lowest BCUT2D eigenvalue weighted by Gasteiger charge is -2.26. The van der Waals surface area contributed by atoms with Crippen molar-refractivity contribution in [1.82, 2.24) is 9.88 Å². The van der Waals surface area contributed by atoms with Gasteiger partial charge >= 0.3 is 5.97 Å². The Labute approximate surface area is 182 Å². The number of hydrogen-bond acceptors (Lipinski definition) is 6. The van der Waals surface area contributed by atoms with Crippen LogP contribution in [0.25, 0.3) is 0 Å². The van der Waals surface area contributed by atoms with Crippen molar-refractivity contribution in [3.8, 4) is 5.75 Å². The van der Waals surface area contributed by atoms with Crippen molar-refractivity contribution in [3.05, 3.63) is 46.8 Å². The fourth-order valence-electron chi connectivity index (χ4n) is 3.46. The van der Waals surface area contributed by atoms with Crippen LogP contribution in [0.15, 0.2) is 24.3 Å². The van der Waals surface area contributed by atoms with Gasteiger partial charge in [0.25, 0.3) is 0 Å². The summed E-state index contributed by atoms with van der Waals surface area (Å²) in [6.45, 7) is 9.66. The number of rotatable bonds is 10. The Bertz CT molecular complexity index is 933. The van der Waals surface area contributed by atoms with Crippen LogP contribution < -0.4 is 10.1 Å². The zero-order valence-corrected chi connectivity index (χ0v) is 19.0. The molecular weight excluding hydrogens is 398 g/mol. The van der Waals surface area contributed by atoms with Crippen LogP contribution in [0.1, 0.15) is 52.9 Å². The highest BCUT2D eigenvalue weighted by Gasteiger charge is 2.29. The van der Waals surface area contributed by atoms with Gasteiger partial charge in [-0.3, -0.25) is 14.5 Å². The van der Waals surface area contributed by atoms with Crippen molar-refractivity contribution in [1.29, 1.82) is 0 Å². The number of amides is 1. The number of ether oxygens (including phenoxy) is 2. The second-order valence-electron chi connectivity index (χ2n) is 7.23. The number of nitrogens with one attached hydrogen (secondary N) is 2. The van der Waals surface area contributed by atoms with E-state index in [-0.39, 0.29) is 24.8 Å². The number of esters is 1. The van der Waals surface area contributed by atoms with Crippen molar-refractivity contribution in [2.45, 2.75) is 40.7 Å². The molecule has 31 heavy (non-hydrogen) atoms. The zero-order chi connectivity index (χ0) is 23.1. The number of H-pyrrole nitrogens is 1. The maximum atomic E-state index is 13.2. The summed E-state index contributed by atoms with van der Waals surface area (Å²) in [4.78, 5) is 42.7. The number of likely N-dealkylation sites (N-methyl/N-ethyl adjacent to an activating group) is 1. The maximum Gasteiger partial charge on any atom is 0.340 e. The smallest absolute Gasteiger partial charge is 0.340 e. The summed E-state index contributed by atoms with van der Waals surface area (Å²) in [5.74, 6) is -0.161. The minimum atomic E-state index is -0.557. The molecule has 8 nitrogen and oxygen atoms in total. The van der Waals surface area contributed by atoms with Crippen LogP contribution >= 0.6 is 0 Å². The third-order valence-corrected chi connectivity index (χ3v) is 5.22. The van der Waals surface area contributed by atoms with Crippen molar-refractivity contribution < 1.29 is 23.9 Å². The summed E-state index contributed by atoms with van der Waals surface area (Å²) >= 11 is 0. The van der Waals surface area contributed by atoms with E-state index in [2.05, 4.69) is 10.3 Å². The lowest BCUT2D eigenvalue weighted by Crippen LogP contribution is -2.43. The number of carbonyl (C=O) groups is 3. The van der Waals surface area contributed by atoms with Crippen LogP contribution in [0.3, 0.4) is 0 Å². The molecule has 0 saturated heterocycles. The lowest BCUT2D eigenvalue weighted by atomic mass is 10.0. The number of carbonyl (C=O) groups excluding carboxylic acids is 3. The first-order valence-corrected chi connectivity index (χ1v) is 10.3. The van der Waals surface area contributed by atoms with E-state index in [1.54, 1.807) is 64.0 Å². The lowest BCUT2D eigenvalue weighted by molar-refractivity contribution is -0.117. The zero-order valence-electron chi connectivity index (χ0n) is 19.0. The molecule has 0 aliphatic heterocycles. The first-order chi connectivity index (χ1) is 14.7. The van der Waals surface area contributed by atoms with E-state index in [1.807, 2.05) is 6.92 Å². The number of methoxy groups -OCH3 is 1. The third kappa shape index (κ3) is 5.73. The minimum Gasteiger partial charge on any atom is -0.497 e. The first kappa shape index (κ1) is 24.1. The van der Waals surface area contributed by atoms with Gasteiger partial charge in [0.1, 0.15) is 5.75 Å². The molecular formula is C23H31N3O5. The predicted octanol–water partition coefficient (Wildman–Crippen LogP) is 3.35. The summed E-state index contributed by atoms with van der Waals surface area (Å²) in [5.41, 5.74) is 2.55. The molecule has 168 valence electrons. The largest absolute Gasteiger partial charge is 0.497 e. The summed E-state index contributed by atoms with van der Waals surface area (Å²) in [5, 5.41) is 2.83. The topological polar surface area (TPSA) is 101 Å². The summed E-state index contributed by atoms with van der Waals surface area (Å²) in [6.07, 6.45) is 0. The van der Waals surface area contributed by atoms with E-state index >= 15 is 0 Å². The summed E-state index contributed by atoms with van der Waals surface area (Å²) in [7, 11) is 1.58. The Hall–Kier alpha value is -3.13. The van der Waals surface area contributed by atoms with Crippen LogP contribution in [0.4, 0.5) is 5.69 Å². The van der Waals surface area contributed by atoms with E-state index in [9.17, 15) is 14.4 Å². The summed E-state index contributed by atoms with van der Waals surface area (Å²) in [6, 6.07) is 6.47. The number of aromatic amines is 1. The van der Waals surface area contributed by atoms with E-state index in [0.29, 0.717) is 40.5 Å². The van der Waals surface area contributed by atoms with Gasteiger partial charge in [0.05, 0.1) is 37.6 Å². The van der Waals surface area contributed by atoms with Crippen LogP contribution in [0.2, 0.25) is 0 Å². The fraction of sp³-hybridized carbons (Fsp3) is 0.435. The quantitative estimate of drug-likeness (QED) is 0.444. The molecule has 0 bridgehead atoms. The van der Waals surface area contributed by atoms with E-state index in [1.165, 1.54) is 0 Å². The Balaban J connectivity index is 2.11. The fourth-order valence-corrected chi connectivity index (χ4v) is 3.46. The third-order valence-electron chi connectivity index (χ3n) is 5.22. The minimum absolute atomic E-state index is 0.0545. The van der Waals surface area contributed by atoms with Crippen molar-refractivity contribution in [2.24, 2.45) is 0 Å². The van der Waals surface area contributed by atoms with Crippen LogP contribution in [-0.2, 0) is 9.53 Å². The number of nitrogens with zero attached hydrogens (tertiary/aromatic N) is 1. The van der Waals surface area contributed by atoms with E-state index in [0.717, 1.165) is 0 Å². The number of ketones is 1. The maximum absolute atomic E-state index is 13.2. The van der Waals surface area contributed by atoms with Gasteiger partial charge in [-0.1, -0.05) is 6.92 Å². The van der Waals surface area contributed by atoms with E-state index < -0.39 is 12.0 Å². The molecule has 2 N–H and O–H groups in total. The van der Waals surface area contributed by atoms with Gasteiger partial charge in [-0.05, 0) is 64.1 Å². The molecule has 1 heterocycles. The molecule has 0 fully saturated rings. The number of Topliss-reactive ketones (excluding diaryl/α,β-unsaturated/α-hetero) is 1. The molecule has 0 aliphatic rings. The van der Waals surface area contributed by atoms with Gasteiger partial charge in [0, 0.05) is 11.4 Å². The molecule has 1 atom stereocenters. The molecule has 1 aromatic carbocycles. The highest BCUT2D eigenvalue weighted by atomic mass is 16.5. The molecule has 2 rings (SSSR count). The van der Waals surface area contributed by atoms with Crippen molar-refractivity contribution in [3.63, 3.8) is 0 Å². The van der Waals surface area contributed by atoms with Crippen molar-refractivity contribution >= 4 is 23.3 Å². The molecule has 0 radical (unpaired) electrons. The monoisotopic (exact) mass is 429 g/mol. The first-order valence-electron chi connectivity index (χ1n) is 10.3.